The second-order valence-electron chi connectivity index (χ2n) is 3.80. The van der Waals surface area contributed by atoms with Crippen LogP contribution in [0, 0.1) is 0 Å². The van der Waals surface area contributed by atoms with E-state index < -0.39 is 12.3 Å². The molecule has 3 atom stereocenters. The van der Waals surface area contributed by atoms with E-state index in [4.69, 9.17) is 9.47 Å². The molecule has 5 nitrogen and oxygen atoms in total. The van der Waals surface area contributed by atoms with Crippen molar-refractivity contribution < 1.29 is 18.7 Å². The molecule has 0 bridgehead atoms. The molecule has 0 aliphatic rings. The first-order valence-corrected chi connectivity index (χ1v) is 7.73. The summed E-state index contributed by atoms with van der Waals surface area (Å²) in [5.74, 6) is 0. The van der Waals surface area contributed by atoms with Gasteiger partial charge in [0, 0.05) is 6.54 Å². The van der Waals surface area contributed by atoms with Gasteiger partial charge in [-0.15, -0.1) is 0 Å². The Balaban J connectivity index is 0. The Hall–Kier alpha value is -0.290. The summed E-state index contributed by atoms with van der Waals surface area (Å²) < 4.78 is 24.0. The Kier molecular flexibility index (Phi) is 18.4. The van der Waals surface area contributed by atoms with Crippen LogP contribution in [0.25, 0.3) is 0 Å². The lowest BCUT2D eigenvalue weighted by molar-refractivity contribution is -0.0197. The van der Waals surface area contributed by atoms with Crippen LogP contribution in [0.4, 0.5) is 9.18 Å². The molecule has 0 saturated heterocycles. The molecule has 0 saturated carbocycles. The summed E-state index contributed by atoms with van der Waals surface area (Å²) >= 11 is 0. The maximum absolute atomic E-state index is 13.4. The number of carbonyl (C=O) groups excluding carboxylic acids is 1. The van der Waals surface area contributed by atoms with Crippen molar-refractivity contribution in [3.8, 4) is 0 Å². The first-order valence-electron chi connectivity index (χ1n) is 7.15. The fourth-order valence-electron chi connectivity index (χ4n) is 1.18. The van der Waals surface area contributed by atoms with Crippen LogP contribution in [0.15, 0.2) is 0 Å². The Morgan fingerprint density at radius 2 is 1.95 bits per heavy atom. The number of nitrogens with one attached hydrogen (secondary N) is 2. The standard InChI is InChI=1S/C11H24FN2O3P.C2H6/c1-3-13-4-5-16-6-7-17-9(2)10(12)8-14-11(15)18;1-2/h9-10,13H,3-8,18H2,1-2H3,(H,14,15);1-2H3. The molecule has 1 amide bonds. The Labute approximate surface area is 124 Å². The van der Waals surface area contributed by atoms with Crippen molar-refractivity contribution in [2.75, 3.05) is 39.5 Å². The maximum atomic E-state index is 13.4. The van der Waals surface area contributed by atoms with Crippen molar-refractivity contribution in [3.05, 3.63) is 0 Å². The number of rotatable bonds is 11. The summed E-state index contributed by atoms with van der Waals surface area (Å²) in [6, 6.07) is 0. The minimum absolute atomic E-state index is 0.0369. The van der Waals surface area contributed by atoms with E-state index in [0.29, 0.717) is 19.8 Å². The topological polar surface area (TPSA) is 59.6 Å². The molecule has 0 rings (SSSR count). The molecule has 0 aliphatic heterocycles. The molecule has 0 heterocycles. The van der Waals surface area contributed by atoms with E-state index >= 15 is 0 Å². The Bertz CT molecular complexity index is 224. The highest BCUT2D eigenvalue weighted by Gasteiger charge is 2.16. The normalized spacial score (nSPS) is 13.1. The quantitative estimate of drug-likeness (QED) is 0.452. The van der Waals surface area contributed by atoms with Crippen molar-refractivity contribution in [3.63, 3.8) is 0 Å². The van der Waals surface area contributed by atoms with Crippen LogP contribution in [0.5, 0.6) is 0 Å². The Morgan fingerprint density at radius 3 is 2.50 bits per heavy atom. The smallest absolute Gasteiger partial charge is 0.234 e. The summed E-state index contributed by atoms with van der Waals surface area (Å²) in [7, 11) is 1.94. The highest BCUT2D eigenvalue weighted by molar-refractivity contribution is 7.39. The SMILES string of the molecule is CC.CCNCCOCCOC(C)C(F)CNC(=O)P. The maximum Gasteiger partial charge on any atom is 0.234 e. The third-order valence-corrected chi connectivity index (χ3v) is 2.47. The summed E-state index contributed by atoms with van der Waals surface area (Å²) in [4.78, 5) is 10.6. The molecule has 0 radical (unpaired) electrons. The van der Waals surface area contributed by atoms with Gasteiger partial charge in [-0.05, 0) is 22.7 Å². The molecule has 0 aliphatic carbocycles. The molecule has 0 aromatic carbocycles. The van der Waals surface area contributed by atoms with Crippen molar-refractivity contribution in [1.29, 1.82) is 0 Å². The van der Waals surface area contributed by atoms with Crippen LogP contribution in [0.2, 0.25) is 0 Å². The van der Waals surface area contributed by atoms with Gasteiger partial charge in [-0.25, -0.2) is 4.39 Å². The molecule has 0 spiro atoms. The van der Waals surface area contributed by atoms with E-state index in [1.54, 1.807) is 6.92 Å². The summed E-state index contributed by atoms with van der Waals surface area (Å²) in [5, 5.41) is 5.51. The van der Waals surface area contributed by atoms with Gasteiger partial charge in [0.15, 0.2) is 0 Å². The van der Waals surface area contributed by atoms with Gasteiger partial charge in [-0.3, -0.25) is 4.79 Å². The van der Waals surface area contributed by atoms with Crippen LogP contribution in [0.1, 0.15) is 27.7 Å². The van der Waals surface area contributed by atoms with Gasteiger partial charge in [0.25, 0.3) is 0 Å². The number of halogens is 1. The van der Waals surface area contributed by atoms with Crippen LogP contribution >= 0.6 is 9.24 Å². The zero-order chi connectivity index (χ0) is 15.8. The van der Waals surface area contributed by atoms with Crippen LogP contribution < -0.4 is 10.6 Å². The van der Waals surface area contributed by atoms with Crippen LogP contribution in [-0.2, 0) is 9.47 Å². The number of hydrogen-bond acceptors (Lipinski definition) is 4. The lowest BCUT2D eigenvalue weighted by atomic mass is 10.2. The number of carbonyl (C=O) groups is 1. The third-order valence-electron chi connectivity index (χ3n) is 2.26. The number of likely N-dealkylation sites (N-methyl/N-ethyl adjacent to an activating group) is 1. The first kappa shape index (κ1) is 22.0. The molecule has 0 aromatic heterocycles. The van der Waals surface area contributed by atoms with E-state index in [2.05, 4.69) is 10.6 Å². The zero-order valence-corrected chi connectivity index (χ0v) is 14.2. The second-order valence-corrected chi connectivity index (χ2v) is 4.33. The number of alkyl halides is 1. The van der Waals surface area contributed by atoms with Crippen molar-refractivity contribution >= 4 is 14.9 Å². The van der Waals surface area contributed by atoms with E-state index in [1.165, 1.54) is 0 Å². The van der Waals surface area contributed by atoms with Gasteiger partial charge in [0.05, 0.1) is 32.5 Å². The molecule has 0 fully saturated rings. The highest BCUT2D eigenvalue weighted by atomic mass is 31.0. The third kappa shape index (κ3) is 15.8. The molecular formula is C13H30FN2O3P. The van der Waals surface area contributed by atoms with Gasteiger partial charge >= 0.3 is 0 Å². The molecule has 20 heavy (non-hydrogen) atoms. The number of ether oxygens (including phenoxy) is 2. The highest BCUT2D eigenvalue weighted by Crippen LogP contribution is 2.03. The van der Waals surface area contributed by atoms with Gasteiger partial charge in [0.2, 0.25) is 5.65 Å². The van der Waals surface area contributed by atoms with Gasteiger partial charge in [-0.1, -0.05) is 20.8 Å². The minimum atomic E-state index is -1.21. The lowest BCUT2D eigenvalue weighted by Gasteiger charge is -2.17. The van der Waals surface area contributed by atoms with Crippen LogP contribution in [0.3, 0.4) is 0 Å². The average Bonchev–Trinajstić information content (AvgIpc) is 2.45. The zero-order valence-electron chi connectivity index (χ0n) is 13.1. The van der Waals surface area contributed by atoms with E-state index in [9.17, 15) is 9.18 Å². The van der Waals surface area contributed by atoms with Crippen LogP contribution in [-0.4, -0.2) is 57.4 Å². The second kappa shape index (κ2) is 16.8. The van der Waals surface area contributed by atoms with Crippen molar-refractivity contribution in [2.24, 2.45) is 0 Å². The molecule has 0 aromatic rings. The Morgan fingerprint density at radius 1 is 1.30 bits per heavy atom. The van der Waals surface area contributed by atoms with Gasteiger partial charge in [0.1, 0.15) is 6.17 Å². The van der Waals surface area contributed by atoms with E-state index in [-0.39, 0.29) is 12.2 Å². The predicted octanol–water partition coefficient (Wildman–Crippen LogP) is 1.97. The number of hydrogen-bond donors (Lipinski definition) is 2. The molecule has 7 heteroatoms. The molecule has 122 valence electrons. The summed E-state index contributed by atoms with van der Waals surface area (Å²) in [6.07, 6.45) is -1.77. The van der Waals surface area contributed by atoms with Gasteiger partial charge < -0.3 is 20.1 Å². The van der Waals surface area contributed by atoms with Crippen molar-refractivity contribution in [1.82, 2.24) is 10.6 Å². The molecular weight excluding hydrogens is 282 g/mol. The minimum Gasteiger partial charge on any atom is -0.378 e. The molecule has 2 N–H and O–H groups in total. The fraction of sp³-hybridized carbons (Fsp3) is 0.923. The largest absolute Gasteiger partial charge is 0.378 e. The number of amides is 1. The summed E-state index contributed by atoms with van der Waals surface area (Å²) in [5.41, 5.74) is -0.323. The van der Waals surface area contributed by atoms with E-state index in [1.807, 2.05) is 30.0 Å². The van der Waals surface area contributed by atoms with E-state index in [0.717, 1.165) is 13.1 Å². The predicted molar refractivity (Wildman–Crippen MR) is 84.1 cm³/mol. The van der Waals surface area contributed by atoms with Gasteiger partial charge in [-0.2, -0.15) is 0 Å². The summed E-state index contributed by atoms with van der Waals surface area (Å²) in [6.45, 7) is 10.8. The fourth-order valence-corrected chi connectivity index (χ4v) is 1.30. The monoisotopic (exact) mass is 312 g/mol. The van der Waals surface area contributed by atoms with Crippen molar-refractivity contribution in [2.45, 2.75) is 40.0 Å². The average molecular weight is 312 g/mol. The first-order chi connectivity index (χ1) is 9.57. The lowest BCUT2D eigenvalue weighted by Crippen LogP contribution is -2.34. The molecule has 3 unspecified atom stereocenters.